The Balaban J connectivity index is 0.000000909. The van der Waals surface area contributed by atoms with Crippen LogP contribution in [0.15, 0.2) is 30.3 Å². The van der Waals surface area contributed by atoms with E-state index in [1.54, 1.807) is 0 Å². The van der Waals surface area contributed by atoms with E-state index in [0.29, 0.717) is 11.9 Å². The molecular formula is C33H51N5O3. The van der Waals surface area contributed by atoms with Crippen LogP contribution in [0, 0.1) is 19.8 Å². The van der Waals surface area contributed by atoms with Crippen LogP contribution in [0.4, 0.5) is 4.79 Å². The van der Waals surface area contributed by atoms with Gasteiger partial charge in [0.1, 0.15) is 0 Å². The van der Waals surface area contributed by atoms with E-state index in [4.69, 9.17) is 15.0 Å². The van der Waals surface area contributed by atoms with Crippen LogP contribution in [0.1, 0.15) is 95.0 Å². The van der Waals surface area contributed by atoms with Gasteiger partial charge in [-0.2, -0.15) is 5.10 Å². The second-order valence-electron chi connectivity index (χ2n) is 12.4. The van der Waals surface area contributed by atoms with Crippen LogP contribution < -0.4 is 0 Å². The first kappa shape index (κ1) is 31.1. The van der Waals surface area contributed by atoms with Crippen molar-refractivity contribution in [2.45, 2.75) is 104 Å². The molecule has 1 aliphatic carbocycles. The number of urea groups is 1. The van der Waals surface area contributed by atoms with Crippen molar-refractivity contribution in [1.29, 1.82) is 0 Å². The third-order valence-electron chi connectivity index (χ3n) is 9.47. The van der Waals surface area contributed by atoms with Gasteiger partial charge in [-0.25, -0.2) is 9.48 Å². The molecule has 5 rings (SSSR count). The maximum atomic E-state index is 13.8. The molecule has 8 nitrogen and oxygen atoms in total. The lowest BCUT2D eigenvalue weighted by atomic mass is 9.80. The summed E-state index contributed by atoms with van der Waals surface area (Å²) in [5, 5.41) is 12.3. The van der Waals surface area contributed by atoms with Crippen molar-refractivity contribution >= 4 is 12.0 Å². The largest absolute Gasteiger partial charge is 0.481 e. The standard InChI is InChI=1S/C31H47N5O.C2H4O2/c1-4-5-19-35-30(37)34(23-27-12-8-6-9-13-27)22-18-31(35)16-20-33(21-17-31)24-29-25(2)32-36(26(29)3)28-14-10-7-11-15-28;1-2(3)4/h7,10-11,14-15,27H,4-6,8-9,12-13,16-24H2,1-3H3;1H3,(H,3,4). The molecule has 2 aliphatic heterocycles. The number of para-hydroxylation sites is 1. The van der Waals surface area contributed by atoms with Gasteiger partial charge in [-0.15, -0.1) is 0 Å². The molecule has 1 aromatic carbocycles. The molecule has 41 heavy (non-hydrogen) atoms. The summed E-state index contributed by atoms with van der Waals surface area (Å²) in [5.41, 5.74) is 4.87. The minimum atomic E-state index is -0.833. The monoisotopic (exact) mass is 565 g/mol. The molecule has 0 bridgehead atoms. The number of carbonyl (C=O) groups is 2. The van der Waals surface area contributed by atoms with Gasteiger partial charge < -0.3 is 14.9 Å². The van der Waals surface area contributed by atoms with Gasteiger partial charge in [0, 0.05) is 63.0 Å². The second kappa shape index (κ2) is 14.3. The summed E-state index contributed by atoms with van der Waals surface area (Å²) in [6.45, 7) is 13.5. The molecule has 3 fully saturated rings. The van der Waals surface area contributed by atoms with Gasteiger partial charge in [0.05, 0.1) is 11.4 Å². The van der Waals surface area contributed by atoms with Gasteiger partial charge in [-0.1, -0.05) is 50.8 Å². The molecule has 0 atom stereocenters. The number of unbranched alkanes of at least 4 members (excludes halogenated alkanes) is 1. The number of benzene rings is 1. The van der Waals surface area contributed by atoms with E-state index in [1.165, 1.54) is 43.4 Å². The number of nitrogens with zero attached hydrogens (tertiary/aromatic N) is 5. The van der Waals surface area contributed by atoms with Gasteiger partial charge in [0.2, 0.25) is 0 Å². The third kappa shape index (κ3) is 7.70. The summed E-state index contributed by atoms with van der Waals surface area (Å²) in [6.07, 6.45) is 12.2. The van der Waals surface area contributed by atoms with E-state index >= 15 is 0 Å². The van der Waals surface area contributed by atoms with Gasteiger partial charge in [0.15, 0.2) is 0 Å². The van der Waals surface area contributed by atoms with E-state index in [2.05, 4.69) is 70.5 Å². The number of hydrogen-bond acceptors (Lipinski definition) is 4. The highest BCUT2D eigenvalue weighted by Gasteiger charge is 2.47. The molecule has 3 heterocycles. The minimum Gasteiger partial charge on any atom is -0.481 e. The Bertz CT molecular complexity index is 1130. The van der Waals surface area contributed by atoms with Crippen molar-refractivity contribution < 1.29 is 14.7 Å². The topological polar surface area (TPSA) is 81.9 Å². The fraction of sp³-hybridized carbons (Fsp3) is 0.667. The van der Waals surface area contributed by atoms with Crippen LogP contribution in [0.2, 0.25) is 0 Å². The Morgan fingerprint density at radius 1 is 1.02 bits per heavy atom. The lowest BCUT2D eigenvalue weighted by Gasteiger charge is -2.54. The molecule has 2 saturated heterocycles. The summed E-state index contributed by atoms with van der Waals surface area (Å²) < 4.78 is 2.09. The lowest BCUT2D eigenvalue weighted by molar-refractivity contribution is -0.134. The fourth-order valence-corrected chi connectivity index (χ4v) is 7.04. The highest BCUT2D eigenvalue weighted by atomic mass is 16.4. The summed E-state index contributed by atoms with van der Waals surface area (Å²) in [6, 6.07) is 10.8. The van der Waals surface area contributed by atoms with Gasteiger partial charge in [-0.3, -0.25) is 9.69 Å². The molecule has 1 aromatic heterocycles. The Morgan fingerprint density at radius 2 is 1.66 bits per heavy atom. The van der Waals surface area contributed by atoms with Crippen LogP contribution in [0.25, 0.3) is 5.69 Å². The van der Waals surface area contributed by atoms with E-state index in [-0.39, 0.29) is 5.54 Å². The summed E-state index contributed by atoms with van der Waals surface area (Å²) in [7, 11) is 0. The molecular weight excluding hydrogens is 514 g/mol. The summed E-state index contributed by atoms with van der Waals surface area (Å²) in [4.78, 5) is 29.9. The number of amides is 2. The number of rotatable bonds is 8. The molecule has 1 spiro atoms. The fourth-order valence-electron chi connectivity index (χ4n) is 7.04. The average Bonchev–Trinajstić information content (AvgIpc) is 3.25. The number of piperidine rings is 1. The maximum absolute atomic E-state index is 13.8. The van der Waals surface area contributed by atoms with E-state index in [9.17, 15) is 4.79 Å². The van der Waals surface area contributed by atoms with Crippen molar-refractivity contribution in [3.63, 3.8) is 0 Å². The van der Waals surface area contributed by atoms with E-state index in [0.717, 1.165) is 89.7 Å². The third-order valence-corrected chi connectivity index (χ3v) is 9.47. The first-order valence-electron chi connectivity index (χ1n) is 15.8. The molecule has 2 amide bonds. The SMILES string of the molecule is CC(=O)O.CCCCN1C(=O)N(CC2CCCCC2)CCC12CCN(Cc1c(C)nn(-c3ccccc3)c1C)CC2. The number of carbonyl (C=O) groups excluding carboxylic acids is 1. The predicted molar refractivity (Wildman–Crippen MR) is 163 cm³/mol. The van der Waals surface area contributed by atoms with Crippen LogP contribution in [-0.2, 0) is 11.3 Å². The number of aryl methyl sites for hydroxylation is 1. The smallest absolute Gasteiger partial charge is 0.320 e. The van der Waals surface area contributed by atoms with Gasteiger partial charge in [-0.05, 0) is 70.4 Å². The molecule has 8 heteroatoms. The van der Waals surface area contributed by atoms with Crippen LogP contribution in [0.3, 0.4) is 0 Å². The quantitative estimate of drug-likeness (QED) is 0.399. The van der Waals surface area contributed by atoms with Crippen molar-refractivity contribution in [3.8, 4) is 5.69 Å². The number of carboxylic acid groups (broad SMARTS) is 1. The highest BCUT2D eigenvalue weighted by molar-refractivity contribution is 5.76. The zero-order valence-electron chi connectivity index (χ0n) is 25.8. The normalized spacial score (nSPS) is 19.8. The second-order valence-corrected chi connectivity index (χ2v) is 12.4. The molecule has 2 aromatic rings. The zero-order chi connectivity index (χ0) is 29.4. The Morgan fingerprint density at radius 3 is 2.29 bits per heavy atom. The van der Waals surface area contributed by atoms with Crippen molar-refractivity contribution in [2.75, 3.05) is 32.7 Å². The molecule has 0 radical (unpaired) electrons. The molecule has 1 N–H and O–H groups in total. The van der Waals surface area contributed by atoms with Crippen molar-refractivity contribution in [3.05, 3.63) is 47.3 Å². The van der Waals surface area contributed by atoms with Crippen LogP contribution in [0.5, 0.6) is 0 Å². The molecule has 3 aliphatic rings. The van der Waals surface area contributed by atoms with E-state index < -0.39 is 5.97 Å². The molecule has 0 unspecified atom stereocenters. The first-order valence-corrected chi connectivity index (χ1v) is 15.8. The number of hydrogen-bond donors (Lipinski definition) is 1. The zero-order valence-corrected chi connectivity index (χ0v) is 25.8. The summed E-state index contributed by atoms with van der Waals surface area (Å²) in [5.74, 6) is -0.120. The van der Waals surface area contributed by atoms with Crippen LogP contribution >= 0.6 is 0 Å². The van der Waals surface area contributed by atoms with E-state index in [1.807, 2.05) is 0 Å². The van der Waals surface area contributed by atoms with Gasteiger partial charge in [0.25, 0.3) is 5.97 Å². The first-order chi connectivity index (χ1) is 19.7. The maximum Gasteiger partial charge on any atom is 0.320 e. The minimum absolute atomic E-state index is 0.0458. The molecule has 1 saturated carbocycles. The number of carboxylic acids is 1. The highest BCUT2D eigenvalue weighted by Crippen LogP contribution is 2.38. The molecule has 226 valence electrons. The average molecular weight is 566 g/mol. The Hall–Kier alpha value is -2.87. The van der Waals surface area contributed by atoms with Crippen molar-refractivity contribution in [1.82, 2.24) is 24.5 Å². The van der Waals surface area contributed by atoms with Gasteiger partial charge >= 0.3 is 6.03 Å². The van der Waals surface area contributed by atoms with Crippen molar-refractivity contribution in [2.24, 2.45) is 5.92 Å². The number of aromatic nitrogens is 2. The Labute approximate surface area is 246 Å². The van der Waals surface area contributed by atoms with Crippen LogP contribution in [-0.4, -0.2) is 79.8 Å². The Kier molecular flexibility index (Phi) is 10.9. The number of likely N-dealkylation sites (tertiary alicyclic amines) is 1. The number of aliphatic carboxylic acids is 1. The summed E-state index contributed by atoms with van der Waals surface area (Å²) >= 11 is 0. The lowest BCUT2D eigenvalue weighted by Crippen LogP contribution is -2.65. The predicted octanol–water partition coefficient (Wildman–Crippen LogP) is 6.42.